The van der Waals surface area contributed by atoms with Crippen LogP contribution in [0, 0.1) is 48.5 Å². The second kappa shape index (κ2) is 80.1. The molecule has 2 radical (unpaired) electrons. The van der Waals surface area contributed by atoms with E-state index < -0.39 is 0 Å². The Kier molecular flexibility index (Phi) is 79.7. The first-order valence-electron chi connectivity index (χ1n) is 41.7. The zero-order valence-corrected chi connectivity index (χ0v) is 90.4. The summed E-state index contributed by atoms with van der Waals surface area (Å²) < 4.78 is 46.8. The van der Waals surface area contributed by atoms with Crippen LogP contribution in [0.3, 0.4) is 0 Å². The number of carbonyl (C=O) groups excluding carboxylic acids is 4. The third-order valence-corrected chi connectivity index (χ3v) is 21.0. The number of rotatable bonds is 27. The van der Waals surface area contributed by atoms with Gasteiger partial charge in [0.25, 0.3) is 0 Å². The molecule has 0 aliphatic rings. The fourth-order valence-corrected chi connectivity index (χ4v) is 14.1. The number of benzene rings is 6. The van der Waals surface area contributed by atoms with Crippen molar-refractivity contribution in [2.24, 2.45) is 0 Å². The molecule has 0 aliphatic heterocycles. The zero-order valence-electron chi connectivity index (χ0n) is 77.3. The minimum absolute atomic E-state index is 0. The second-order valence-corrected chi connectivity index (χ2v) is 30.1. The molecule has 6 aromatic carbocycles. The molecule has 12 rings (SSSR count). The van der Waals surface area contributed by atoms with Crippen LogP contribution in [0.1, 0.15) is 202 Å². The number of halogens is 1. The molecule has 0 saturated heterocycles. The van der Waals surface area contributed by atoms with Crippen molar-refractivity contribution >= 4 is 108 Å². The summed E-state index contributed by atoms with van der Waals surface area (Å²) in [4.78, 5) is 60.0. The number of aryl methyl sites for hydroxylation is 7. The number of alkyl halides is 1. The maximum Gasteiger partial charge on any atom is 0.314 e. The van der Waals surface area contributed by atoms with Gasteiger partial charge in [-0.15, -0.1) is 45.3 Å². The number of aliphatic hydroxyl groups excluding tert-OH is 3. The summed E-state index contributed by atoms with van der Waals surface area (Å²) in [6.07, 6.45) is 3.58. The number of aromatic nitrogens is 2. The molecule has 18 nitrogen and oxygen atoms in total. The van der Waals surface area contributed by atoms with Crippen LogP contribution >= 0.6 is 61.3 Å². The fourth-order valence-electron chi connectivity index (χ4n) is 10.6. The Morgan fingerprint density at radius 1 is 0.433 bits per heavy atom. The predicted molar refractivity (Wildman–Crippen MR) is 517 cm³/mol. The first-order chi connectivity index (χ1) is 60.0. The molecule has 29 heteroatoms. The summed E-state index contributed by atoms with van der Waals surface area (Å²) in [5, 5.41) is 52.6. The van der Waals surface area contributed by atoms with Crippen LogP contribution in [0.5, 0.6) is 17.2 Å². The Morgan fingerprint density at radius 3 is 1.02 bits per heavy atom. The minimum Gasteiger partial charge on any atom is -0.508 e. The van der Waals surface area contributed by atoms with Gasteiger partial charge in [-0.25, -0.2) is 9.97 Å². The molecule has 0 aliphatic carbocycles. The summed E-state index contributed by atoms with van der Waals surface area (Å²) >= 11 is 17.0. The Bertz CT molecular complexity index is 4420. The topological polar surface area (TPSA) is 268 Å². The van der Waals surface area contributed by atoms with E-state index in [-0.39, 0.29) is 160 Å². The summed E-state index contributed by atoms with van der Waals surface area (Å²) in [6, 6.07) is 61.5. The first-order valence-corrected chi connectivity index (χ1v) is 46.6. The van der Waals surface area contributed by atoms with Crippen molar-refractivity contribution in [3.63, 3.8) is 0 Å². The molecule has 694 valence electrons. The van der Waals surface area contributed by atoms with Crippen molar-refractivity contribution < 1.29 is 159 Å². The number of esters is 4. The predicted octanol–water partition coefficient (Wildman–Crippen LogP) is 24.0. The molecule has 0 amide bonds. The van der Waals surface area contributed by atoms with Crippen LogP contribution < -0.4 is 4.74 Å². The molecule has 3 atom stereocenters. The second-order valence-electron chi connectivity index (χ2n) is 25.6. The first kappa shape index (κ1) is 126. The Morgan fingerprint density at radius 2 is 0.732 bits per heavy atom. The van der Waals surface area contributed by atoms with E-state index in [2.05, 4.69) is 111 Å². The van der Waals surface area contributed by atoms with Gasteiger partial charge in [-0.05, 0) is 197 Å². The third kappa shape index (κ3) is 55.2. The van der Waals surface area contributed by atoms with Crippen LogP contribution in [-0.4, -0.2) is 99.0 Å². The van der Waals surface area contributed by atoms with Crippen molar-refractivity contribution in [1.29, 1.82) is 0 Å². The summed E-state index contributed by atoms with van der Waals surface area (Å²) in [6.45, 7) is 35.4. The Balaban J connectivity index is -0.000000339. The third-order valence-electron chi connectivity index (χ3n) is 16.5. The number of phenolic OH excluding ortho intramolecular Hbond substituents is 2. The van der Waals surface area contributed by atoms with Gasteiger partial charge in [-0.1, -0.05) is 215 Å². The Hall–Kier alpha value is -6.83. The van der Waals surface area contributed by atoms with Crippen LogP contribution in [0.25, 0.3) is 0 Å². The number of hydrogen-bond acceptors (Lipinski definition) is 24. The normalized spacial score (nSPS) is 10.1. The van der Waals surface area contributed by atoms with Crippen molar-refractivity contribution in [3.05, 3.63) is 320 Å². The largest absolute Gasteiger partial charge is 0.508 e. The standard InChI is InChI=1S/C22H25NO4S.C16H18O2S.C15H16O3S.C8H9Br.C8H10O2S.C8H10O.C7H11NO2.C7H8O2.3C2H6.CH4.S2.2V.2W.H2/c1-4-25-22(24)19(21-6-5-13-28-21)14-17-7-9-18(10-8-17)26-12-11-20-15(2)27-16(3)23-20;1-3-18-16(17)14(15-5-4-10-19-15)11-13-8-6-12(2)7-9-13;1-2-18-15(17)13(14-4-3-9-19-14)10-11-5-7-12(16)8-6-11;1-7-2-4-8(6-9)5-3-7;1-2-10-8(9)6-7-4-3-5-11-7;1-7-2-4-8(6-9)5-3-7;1-5-7(3-4-9)8-6(2)10-5;8-5-6-1-3-7(9)4-2-6;3*1-2;;1-2;;;;;/h5-10,13,19H,4,11-12,14H2,1-3H3;4-10,14H,3,11H2,1-2H3;3-9,13,16H,2,10H2,1H3;2-5H,6H2,1H3;3-5H,2,6H2,1H3;2-5,9H,6H2,1H3;9H,3-4H2,1-2H3;1-4,8-9H,5H2;3*1-2H3;1H4;;;;;;1H/i;;;;;;;;;;;;;;;;;1+2T. The van der Waals surface area contributed by atoms with Crippen molar-refractivity contribution in [2.45, 2.75) is 200 Å². The maximum absolute atomic E-state index is 12.4. The fraction of sp³-hybridized carbons (Fsp3) is 0.367. The smallest absolute Gasteiger partial charge is 0.314 e. The molecular weight excluding hydrogens is 2200 g/mol. The van der Waals surface area contributed by atoms with E-state index in [0.29, 0.717) is 83.3 Å². The summed E-state index contributed by atoms with van der Waals surface area (Å²) in [5.74, 6) is 2.87. The molecule has 3 unspecified atom stereocenters. The van der Waals surface area contributed by atoms with Crippen molar-refractivity contribution in [1.82, 2.24) is 9.97 Å². The molecule has 0 saturated carbocycles. The SMILES string of the molecule is C.CC.CC.CC.CCOC(=O)C(Cc1ccc(C)cc1)c1cccs1.CCOC(=O)C(Cc1ccc(O)cc1)c1cccs1.CCOC(=O)C(Cc1ccc(OCCc2nc(C)oc2C)cc1)c1cccs1.CCOC(=O)Cc1cccs1.Cc1ccc(CBr)cc1.Cc1ccc(CO)cc1.Cc1nc(CCO)c(C)o1.OCc1ccc(O)cc1.S=S.[3H][3H].[V].[V].[W].[W]. The van der Waals surface area contributed by atoms with Crippen LogP contribution in [0.2, 0.25) is 0 Å². The van der Waals surface area contributed by atoms with Crippen LogP contribution in [0.4, 0.5) is 0 Å². The molecule has 0 fully saturated rings. The van der Waals surface area contributed by atoms with Crippen molar-refractivity contribution in [2.75, 3.05) is 39.6 Å². The van der Waals surface area contributed by atoms with E-state index in [9.17, 15) is 24.3 Å². The van der Waals surface area contributed by atoms with Gasteiger partial charge in [0.2, 0.25) is 0 Å². The molecule has 6 heterocycles. The molecule has 5 N–H and O–H groups in total. The summed E-state index contributed by atoms with van der Waals surface area (Å²) in [5.41, 5.74) is 11.9. The van der Waals surface area contributed by atoms with E-state index in [4.69, 9.17) is 55.9 Å². The van der Waals surface area contributed by atoms with Gasteiger partial charge in [0, 0.05) is 163 Å². The van der Waals surface area contributed by atoms with Gasteiger partial charge < -0.3 is 58.1 Å². The van der Waals surface area contributed by atoms with Gasteiger partial charge >= 0.3 is 23.9 Å². The van der Waals surface area contributed by atoms with E-state index in [0.717, 1.165) is 81.3 Å². The number of oxazole rings is 2. The molecule has 6 aromatic heterocycles. The van der Waals surface area contributed by atoms with Gasteiger partial charge in [0.15, 0.2) is 11.8 Å². The number of thiophene rings is 4. The number of phenols is 2. The average Bonchev–Trinajstić information content (AvgIpc) is 1.80. The number of carbonyl (C=O) groups is 4. The van der Waals surface area contributed by atoms with Crippen molar-refractivity contribution in [3.8, 4) is 17.2 Å². The van der Waals surface area contributed by atoms with Crippen LogP contribution in [0.15, 0.2) is 224 Å². The van der Waals surface area contributed by atoms with Gasteiger partial charge in [0.05, 0.1) is 81.8 Å². The quantitative estimate of drug-likeness (QED) is 0.0182. The Labute approximate surface area is 845 Å². The molecular formula is C98H131BrN2O16S6V2W2. The molecule has 0 bridgehead atoms. The molecule has 12 aromatic rings. The number of aromatic hydroxyl groups is 2. The summed E-state index contributed by atoms with van der Waals surface area (Å²) in [7, 11) is 0. The monoisotopic (exact) mass is 2340 g/mol. The maximum atomic E-state index is 12.4. The van der Waals surface area contributed by atoms with Crippen LogP contribution in [-0.2, 0) is 197 Å². The number of nitrogens with zero attached hydrogens (tertiary/aromatic N) is 2. The number of aliphatic hydroxyl groups is 3. The van der Waals surface area contributed by atoms with E-state index >= 15 is 0 Å². The number of hydrogen-bond donors (Lipinski definition) is 5. The van der Waals surface area contributed by atoms with Gasteiger partial charge in [-0.3, -0.25) is 19.2 Å². The van der Waals surface area contributed by atoms with E-state index in [1.165, 1.54) is 22.3 Å². The van der Waals surface area contributed by atoms with Gasteiger partial charge in [0.1, 0.15) is 28.8 Å². The number of ether oxygens (including phenoxy) is 5. The van der Waals surface area contributed by atoms with E-state index in [1.807, 2.05) is 228 Å². The molecule has 0 spiro atoms. The minimum atomic E-state index is -0.274. The van der Waals surface area contributed by atoms with E-state index in [1.54, 1.807) is 88.7 Å². The van der Waals surface area contributed by atoms with Gasteiger partial charge in [-0.2, -0.15) is 0 Å². The molecule has 127 heavy (non-hydrogen) atoms. The average molecular weight is 2340 g/mol. The zero-order chi connectivity index (χ0) is 93.0.